The van der Waals surface area contributed by atoms with Gasteiger partial charge >= 0.3 is 0 Å². The van der Waals surface area contributed by atoms with Crippen LogP contribution in [-0.4, -0.2) is 24.1 Å². The van der Waals surface area contributed by atoms with E-state index < -0.39 is 0 Å². The van der Waals surface area contributed by atoms with Gasteiger partial charge in [0.2, 0.25) is 0 Å². The molecule has 1 rings (SSSR count). The standard InChI is InChI=1S/C13H27NS/c1-4-6-12(14-3)10-15-13-8-5-7-11(2)9-13/h11-14H,4-10H2,1-3H3. The summed E-state index contributed by atoms with van der Waals surface area (Å²) < 4.78 is 0. The van der Waals surface area contributed by atoms with E-state index in [2.05, 4.69) is 38.0 Å². The molecule has 0 aliphatic heterocycles. The van der Waals surface area contributed by atoms with Gasteiger partial charge in [-0.2, -0.15) is 11.8 Å². The zero-order valence-corrected chi connectivity index (χ0v) is 11.4. The Labute approximate surface area is 99.8 Å². The van der Waals surface area contributed by atoms with Gasteiger partial charge in [0.25, 0.3) is 0 Å². The summed E-state index contributed by atoms with van der Waals surface area (Å²) in [5.74, 6) is 2.28. The maximum atomic E-state index is 3.43. The third kappa shape index (κ3) is 5.26. The molecule has 0 aromatic rings. The second kappa shape index (κ2) is 7.56. The van der Waals surface area contributed by atoms with E-state index >= 15 is 0 Å². The minimum Gasteiger partial charge on any atom is -0.316 e. The van der Waals surface area contributed by atoms with Gasteiger partial charge in [0.1, 0.15) is 0 Å². The first-order valence-electron chi connectivity index (χ1n) is 6.55. The minimum atomic E-state index is 0.734. The van der Waals surface area contributed by atoms with Crippen LogP contribution < -0.4 is 5.32 Å². The molecular formula is C13H27NS. The van der Waals surface area contributed by atoms with Crippen LogP contribution in [0.15, 0.2) is 0 Å². The molecule has 0 amide bonds. The Balaban J connectivity index is 2.16. The molecular weight excluding hydrogens is 202 g/mol. The Bertz CT molecular complexity index is 161. The average Bonchev–Trinajstić information content (AvgIpc) is 2.24. The van der Waals surface area contributed by atoms with Crippen molar-refractivity contribution in [3.63, 3.8) is 0 Å². The predicted molar refractivity (Wildman–Crippen MR) is 71.6 cm³/mol. The summed E-state index contributed by atoms with van der Waals surface area (Å²) in [6.45, 7) is 4.69. The fourth-order valence-electron chi connectivity index (χ4n) is 2.44. The number of thioether (sulfide) groups is 1. The molecule has 15 heavy (non-hydrogen) atoms. The summed E-state index contributed by atoms with van der Waals surface area (Å²) in [5.41, 5.74) is 0. The van der Waals surface area contributed by atoms with Gasteiger partial charge in [0, 0.05) is 17.0 Å². The van der Waals surface area contributed by atoms with Crippen molar-refractivity contribution >= 4 is 11.8 Å². The molecule has 0 aromatic carbocycles. The van der Waals surface area contributed by atoms with E-state index in [4.69, 9.17) is 0 Å². The first kappa shape index (κ1) is 13.4. The van der Waals surface area contributed by atoms with Gasteiger partial charge < -0.3 is 5.32 Å². The van der Waals surface area contributed by atoms with E-state index in [0.29, 0.717) is 0 Å². The van der Waals surface area contributed by atoms with Gasteiger partial charge in [-0.15, -0.1) is 0 Å². The molecule has 1 aliphatic carbocycles. The summed E-state index contributed by atoms with van der Waals surface area (Å²) in [6, 6.07) is 0.734. The van der Waals surface area contributed by atoms with Gasteiger partial charge in [0.05, 0.1) is 0 Å². The fraction of sp³-hybridized carbons (Fsp3) is 1.00. The van der Waals surface area contributed by atoms with Gasteiger partial charge in [-0.3, -0.25) is 0 Å². The molecule has 1 fully saturated rings. The minimum absolute atomic E-state index is 0.734. The number of nitrogens with one attached hydrogen (secondary N) is 1. The molecule has 2 heteroatoms. The van der Waals surface area contributed by atoms with Crippen LogP contribution in [0, 0.1) is 5.92 Å². The van der Waals surface area contributed by atoms with Crippen LogP contribution in [0.4, 0.5) is 0 Å². The van der Waals surface area contributed by atoms with Crippen LogP contribution in [-0.2, 0) is 0 Å². The lowest BCUT2D eigenvalue weighted by molar-refractivity contribution is 0.393. The van der Waals surface area contributed by atoms with Crippen molar-refractivity contribution in [2.75, 3.05) is 12.8 Å². The fourth-order valence-corrected chi connectivity index (χ4v) is 4.08. The van der Waals surface area contributed by atoms with Crippen molar-refractivity contribution in [3.8, 4) is 0 Å². The highest BCUT2D eigenvalue weighted by Crippen LogP contribution is 2.32. The third-order valence-corrected chi connectivity index (χ3v) is 4.96. The van der Waals surface area contributed by atoms with Gasteiger partial charge in [-0.25, -0.2) is 0 Å². The third-order valence-electron chi connectivity index (χ3n) is 3.47. The molecule has 1 N–H and O–H groups in total. The Morgan fingerprint density at radius 3 is 2.80 bits per heavy atom. The van der Waals surface area contributed by atoms with Crippen LogP contribution in [0.1, 0.15) is 52.4 Å². The zero-order valence-electron chi connectivity index (χ0n) is 10.6. The predicted octanol–water partition coefficient (Wildman–Crippen LogP) is 3.69. The van der Waals surface area contributed by atoms with E-state index in [1.165, 1.54) is 44.3 Å². The van der Waals surface area contributed by atoms with Crippen molar-refractivity contribution in [1.29, 1.82) is 0 Å². The van der Waals surface area contributed by atoms with Gasteiger partial charge in [-0.1, -0.05) is 33.1 Å². The van der Waals surface area contributed by atoms with Crippen LogP contribution in [0.5, 0.6) is 0 Å². The number of hydrogen-bond donors (Lipinski definition) is 1. The molecule has 3 atom stereocenters. The first-order valence-corrected chi connectivity index (χ1v) is 7.60. The lowest BCUT2D eigenvalue weighted by atomic mass is 9.91. The molecule has 0 bridgehead atoms. The van der Waals surface area contributed by atoms with E-state index in [9.17, 15) is 0 Å². The van der Waals surface area contributed by atoms with E-state index in [-0.39, 0.29) is 0 Å². The lowest BCUT2D eigenvalue weighted by Crippen LogP contribution is -2.29. The van der Waals surface area contributed by atoms with Crippen LogP contribution in [0.2, 0.25) is 0 Å². The Hall–Kier alpha value is 0.310. The molecule has 1 aliphatic rings. The number of rotatable bonds is 6. The van der Waals surface area contributed by atoms with Crippen LogP contribution in [0.3, 0.4) is 0 Å². The Morgan fingerprint density at radius 2 is 2.20 bits per heavy atom. The SMILES string of the molecule is CCCC(CSC1CCCC(C)C1)NC. The molecule has 90 valence electrons. The van der Waals surface area contributed by atoms with E-state index in [0.717, 1.165) is 17.2 Å². The van der Waals surface area contributed by atoms with Crippen LogP contribution >= 0.6 is 11.8 Å². The van der Waals surface area contributed by atoms with Crippen molar-refractivity contribution in [3.05, 3.63) is 0 Å². The number of hydrogen-bond acceptors (Lipinski definition) is 2. The first-order chi connectivity index (χ1) is 7.26. The second-order valence-electron chi connectivity index (χ2n) is 5.00. The molecule has 1 saturated carbocycles. The van der Waals surface area contributed by atoms with Crippen molar-refractivity contribution in [2.45, 2.75) is 63.7 Å². The summed E-state index contributed by atoms with van der Waals surface area (Å²) in [5, 5.41) is 4.38. The van der Waals surface area contributed by atoms with Crippen molar-refractivity contribution < 1.29 is 0 Å². The van der Waals surface area contributed by atoms with Gasteiger partial charge in [-0.05, 0) is 32.2 Å². The smallest absolute Gasteiger partial charge is 0.0155 e. The second-order valence-corrected chi connectivity index (χ2v) is 6.33. The maximum Gasteiger partial charge on any atom is 0.0155 e. The highest BCUT2D eigenvalue weighted by molar-refractivity contribution is 7.99. The summed E-state index contributed by atoms with van der Waals surface area (Å²) >= 11 is 2.21. The quantitative estimate of drug-likeness (QED) is 0.745. The highest BCUT2D eigenvalue weighted by Gasteiger charge is 2.19. The van der Waals surface area contributed by atoms with E-state index in [1.54, 1.807) is 0 Å². The topological polar surface area (TPSA) is 12.0 Å². The highest BCUT2D eigenvalue weighted by atomic mass is 32.2. The molecule has 0 saturated heterocycles. The summed E-state index contributed by atoms with van der Waals surface area (Å²) in [4.78, 5) is 0. The molecule has 0 heterocycles. The largest absolute Gasteiger partial charge is 0.316 e. The van der Waals surface area contributed by atoms with E-state index in [1.807, 2.05) is 0 Å². The molecule has 0 spiro atoms. The zero-order chi connectivity index (χ0) is 11.1. The normalized spacial score (nSPS) is 29.0. The summed E-state index contributed by atoms with van der Waals surface area (Å²) in [7, 11) is 2.10. The molecule has 1 nitrogen and oxygen atoms in total. The van der Waals surface area contributed by atoms with Crippen molar-refractivity contribution in [1.82, 2.24) is 5.32 Å². The Morgan fingerprint density at radius 1 is 1.40 bits per heavy atom. The molecule has 0 aromatic heterocycles. The van der Waals surface area contributed by atoms with Crippen LogP contribution in [0.25, 0.3) is 0 Å². The average molecular weight is 229 g/mol. The van der Waals surface area contributed by atoms with Crippen molar-refractivity contribution in [2.24, 2.45) is 5.92 Å². The molecule has 3 unspecified atom stereocenters. The van der Waals surface area contributed by atoms with Gasteiger partial charge in [0.15, 0.2) is 0 Å². The maximum absolute atomic E-state index is 3.43. The lowest BCUT2D eigenvalue weighted by Gasteiger charge is -2.27. The summed E-state index contributed by atoms with van der Waals surface area (Å²) in [6.07, 6.45) is 8.45. The molecule has 0 radical (unpaired) electrons. The Kier molecular flexibility index (Phi) is 6.74. The monoisotopic (exact) mass is 229 g/mol.